The van der Waals surface area contributed by atoms with Gasteiger partial charge in [-0.15, -0.1) is 0 Å². The number of hydrogen-bond acceptors (Lipinski definition) is 2. The van der Waals surface area contributed by atoms with Crippen molar-refractivity contribution in [3.63, 3.8) is 0 Å². The highest BCUT2D eigenvalue weighted by Crippen LogP contribution is 1.79. The Labute approximate surface area is 42.3 Å². The second-order valence-corrected chi connectivity index (χ2v) is 1.20. The first-order chi connectivity index (χ1) is 3.27. The zero-order valence-electron chi connectivity index (χ0n) is 3.20. The third-order valence-electron chi connectivity index (χ3n) is 0.189. The highest BCUT2D eigenvalue weighted by Gasteiger charge is 1.81. The monoisotopic (exact) mass is 126 g/mol. The summed E-state index contributed by atoms with van der Waals surface area (Å²) in [6.07, 6.45) is 0.504. The predicted molar refractivity (Wildman–Crippen MR) is 22.1 cm³/mol. The molecule has 0 aromatic carbocycles. The normalized spacial score (nSPS) is 14.6. The molecule has 0 rings (SSSR count). The third-order valence-corrected chi connectivity index (χ3v) is 0.465. The van der Waals surface area contributed by atoms with E-state index in [1.807, 2.05) is 0 Å². The molecule has 0 saturated carbocycles. The van der Waals surface area contributed by atoms with Gasteiger partial charge in [0, 0.05) is 0 Å². The largest absolute Gasteiger partial charge is 0.386 e. The SMILES string of the molecule is O=S(O)OC=CF. The zero-order chi connectivity index (χ0) is 5.70. The van der Waals surface area contributed by atoms with Gasteiger partial charge in [0.25, 0.3) is 0 Å². The second kappa shape index (κ2) is 3.76. The molecule has 0 aliphatic carbocycles. The van der Waals surface area contributed by atoms with Gasteiger partial charge in [-0.2, -0.15) is 4.21 Å². The van der Waals surface area contributed by atoms with Gasteiger partial charge in [0.1, 0.15) is 12.6 Å². The summed E-state index contributed by atoms with van der Waals surface area (Å²) >= 11 is -2.39. The minimum atomic E-state index is -2.39. The summed E-state index contributed by atoms with van der Waals surface area (Å²) in [6.45, 7) is 0. The van der Waals surface area contributed by atoms with Crippen molar-refractivity contribution in [3.8, 4) is 0 Å². The van der Waals surface area contributed by atoms with Crippen LogP contribution in [0.2, 0.25) is 0 Å². The third kappa shape index (κ3) is 5.58. The first-order valence-corrected chi connectivity index (χ1v) is 2.33. The van der Waals surface area contributed by atoms with Crippen molar-refractivity contribution in [1.29, 1.82) is 0 Å². The summed E-state index contributed by atoms with van der Waals surface area (Å²) in [4.78, 5) is 0. The van der Waals surface area contributed by atoms with Crippen molar-refractivity contribution >= 4 is 11.4 Å². The van der Waals surface area contributed by atoms with E-state index >= 15 is 0 Å². The lowest BCUT2D eigenvalue weighted by Crippen LogP contribution is -1.84. The lowest BCUT2D eigenvalue weighted by Gasteiger charge is -1.83. The quantitative estimate of drug-likeness (QED) is 0.435. The molecule has 0 aromatic heterocycles. The maximum atomic E-state index is 10.8. The molecule has 0 aromatic rings. The first kappa shape index (κ1) is 6.58. The van der Waals surface area contributed by atoms with Gasteiger partial charge in [0.2, 0.25) is 0 Å². The number of hydrogen-bond donors (Lipinski definition) is 1. The maximum absolute atomic E-state index is 10.8. The number of rotatable bonds is 2. The van der Waals surface area contributed by atoms with E-state index in [1.54, 1.807) is 0 Å². The van der Waals surface area contributed by atoms with Crippen LogP contribution in [-0.2, 0) is 15.5 Å². The molecule has 5 heteroatoms. The Balaban J connectivity index is 3.14. The standard InChI is InChI=1S/C2H3FO3S/c3-1-2-6-7(4)5/h1-2H,(H,4,5). The van der Waals surface area contributed by atoms with Crippen LogP contribution in [0.3, 0.4) is 0 Å². The molecule has 0 amide bonds. The van der Waals surface area contributed by atoms with E-state index in [9.17, 15) is 8.60 Å². The lowest BCUT2D eigenvalue weighted by molar-refractivity contribution is 0.413. The van der Waals surface area contributed by atoms with Crippen molar-refractivity contribution in [2.45, 2.75) is 0 Å². The summed E-state index contributed by atoms with van der Waals surface area (Å²) in [6, 6.07) is 0. The summed E-state index contributed by atoms with van der Waals surface area (Å²) in [5.74, 6) is 0. The fraction of sp³-hybridized carbons (Fsp3) is 0. The highest BCUT2D eigenvalue weighted by molar-refractivity contribution is 7.74. The van der Waals surface area contributed by atoms with E-state index in [1.165, 1.54) is 0 Å². The van der Waals surface area contributed by atoms with Crippen molar-refractivity contribution in [2.75, 3.05) is 0 Å². The van der Waals surface area contributed by atoms with Crippen LogP contribution in [0, 0.1) is 0 Å². The average Bonchev–Trinajstić information content (AvgIpc) is 1.61. The van der Waals surface area contributed by atoms with Gasteiger partial charge in [0.15, 0.2) is 0 Å². The maximum Gasteiger partial charge on any atom is 0.356 e. The molecule has 0 radical (unpaired) electrons. The molecule has 1 atom stereocenters. The topological polar surface area (TPSA) is 46.5 Å². The summed E-state index contributed by atoms with van der Waals surface area (Å²) < 4.78 is 31.6. The lowest BCUT2D eigenvalue weighted by atomic mass is 11.1. The van der Waals surface area contributed by atoms with Gasteiger partial charge in [-0.05, 0) is 0 Å². The van der Waals surface area contributed by atoms with Crippen LogP contribution in [0.15, 0.2) is 12.6 Å². The Morgan fingerprint density at radius 2 is 2.43 bits per heavy atom. The smallest absolute Gasteiger partial charge is 0.356 e. The molecule has 0 aliphatic heterocycles. The molecular weight excluding hydrogens is 123 g/mol. The van der Waals surface area contributed by atoms with Gasteiger partial charge in [-0.1, -0.05) is 0 Å². The van der Waals surface area contributed by atoms with Crippen molar-refractivity contribution < 1.29 is 17.3 Å². The summed E-state index contributed by atoms with van der Waals surface area (Å²) in [7, 11) is 0. The fourth-order valence-corrected chi connectivity index (χ4v) is 0.206. The van der Waals surface area contributed by atoms with Gasteiger partial charge in [-0.25, -0.2) is 4.39 Å². The molecule has 1 N–H and O–H groups in total. The minimum absolute atomic E-state index is 0.0219. The van der Waals surface area contributed by atoms with E-state index in [0.717, 1.165) is 0 Å². The van der Waals surface area contributed by atoms with Crippen molar-refractivity contribution in [1.82, 2.24) is 0 Å². The Bertz CT molecular complexity index is 90.9. The van der Waals surface area contributed by atoms with Gasteiger partial charge >= 0.3 is 11.4 Å². The average molecular weight is 126 g/mol. The van der Waals surface area contributed by atoms with Crippen LogP contribution < -0.4 is 0 Å². The highest BCUT2D eigenvalue weighted by atomic mass is 32.2. The molecule has 0 saturated heterocycles. The van der Waals surface area contributed by atoms with Crippen molar-refractivity contribution in [3.05, 3.63) is 12.6 Å². The predicted octanol–water partition coefficient (Wildman–Crippen LogP) is 0.580. The molecule has 0 fully saturated rings. The van der Waals surface area contributed by atoms with Crippen molar-refractivity contribution in [2.24, 2.45) is 0 Å². The fourth-order valence-electron chi connectivity index (χ4n) is 0.0685. The Hall–Kier alpha value is -0.420. The minimum Gasteiger partial charge on any atom is -0.386 e. The molecule has 0 spiro atoms. The molecule has 1 unspecified atom stereocenters. The van der Waals surface area contributed by atoms with E-state index in [-0.39, 0.29) is 6.33 Å². The van der Waals surface area contributed by atoms with Crippen LogP contribution in [0.1, 0.15) is 0 Å². The molecule has 0 bridgehead atoms. The van der Waals surface area contributed by atoms with Crippen LogP contribution in [0.5, 0.6) is 0 Å². The molecule has 3 nitrogen and oxygen atoms in total. The molecule has 0 aliphatic rings. The van der Waals surface area contributed by atoms with Crippen LogP contribution in [-0.4, -0.2) is 8.76 Å². The molecular formula is C2H3FO3S. The zero-order valence-corrected chi connectivity index (χ0v) is 4.02. The van der Waals surface area contributed by atoms with Crippen LogP contribution >= 0.6 is 0 Å². The van der Waals surface area contributed by atoms with Gasteiger partial charge < -0.3 is 4.18 Å². The van der Waals surface area contributed by atoms with E-state index < -0.39 is 11.4 Å². The Morgan fingerprint density at radius 3 is 2.57 bits per heavy atom. The summed E-state index contributed by atoms with van der Waals surface area (Å²) in [5, 5.41) is 0. The van der Waals surface area contributed by atoms with E-state index in [0.29, 0.717) is 6.26 Å². The number of halogens is 1. The molecule has 7 heavy (non-hydrogen) atoms. The summed E-state index contributed by atoms with van der Waals surface area (Å²) in [5.41, 5.74) is 0. The molecule has 0 heterocycles. The van der Waals surface area contributed by atoms with E-state index in [2.05, 4.69) is 4.18 Å². The van der Waals surface area contributed by atoms with Crippen LogP contribution in [0.4, 0.5) is 4.39 Å². The first-order valence-electron chi connectivity index (χ1n) is 1.30. The Kier molecular flexibility index (Phi) is 3.53. The molecule has 42 valence electrons. The van der Waals surface area contributed by atoms with Gasteiger partial charge in [0.05, 0.1) is 0 Å². The van der Waals surface area contributed by atoms with Gasteiger partial charge in [-0.3, -0.25) is 4.55 Å². The van der Waals surface area contributed by atoms with Crippen LogP contribution in [0.25, 0.3) is 0 Å². The van der Waals surface area contributed by atoms with E-state index in [4.69, 9.17) is 4.55 Å². The second-order valence-electron chi connectivity index (χ2n) is 0.575. The Morgan fingerprint density at radius 1 is 1.86 bits per heavy atom.